The second kappa shape index (κ2) is 7.34. The summed E-state index contributed by atoms with van der Waals surface area (Å²) in [7, 11) is 0. The molecule has 146 valence electrons. The van der Waals surface area contributed by atoms with Gasteiger partial charge in [-0.25, -0.2) is 0 Å². The maximum absolute atomic E-state index is 12.7. The minimum Gasteiger partial charge on any atom is -0.359 e. The molecule has 1 heterocycles. The minimum absolute atomic E-state index is 0.0716. The summed E-state index contributed by atoms with van der Waals surface area (Å²) in [6.07, 6.45) is 1.87. The highest BCUT2D eigenvalue weighted by atomic mass is 19.4. The molecule has 1 amide bonds. The molecule has 2 aromatic carbocycles. The van der Waals surface area contributed by atoms with E-state index in [0.29, 0.717) is 12.8 Å². The first-order valence-electron chi connectivity index (χ1n) is 9.47. The molecular formula is C22H21F3N2O. The van der Waals surface area contributed by atoms with Crippen LogP contribution in [-0.2, 0) is 23.8 Å². The lowest BCUT2D eigenvalue weighted by atomic mass is 9.85. The van der Waals surface area contributed by atoms with Crippen molar-refractivity contribution in [1.29, 1.82) is 0 Å². The topological polar surface area (TPSA) is 44.9 Å². The van der Waals surface area contributed by atoms with Gasteiger partial charge in [-0.05, 0) is 61.1 Å². The summed E-state index contributed by atoms with van der Waals surface area (Å²) in [5.41, 5.74) is 3.04. The second-order valence-corrected chi connectivity index (χ2v) is 7.39. The molecule has 1 aliphatic rings. The molecule has 1 aromatic heterocycles. The fourth-order valence-electron chi connectivity index (χ4n) is 3.48. The third-order valence-corrected chi connectivity index (χ3v) is 5.46. The molecule has 2 N–H and O–H groups in total. The van der Waals surface area contributed by atoms with E-state index in [-0.39, 0.29) is 11.8 Å². The van der Waals surface area contributed by atoms with E-state index in [9.17, 15) is 18.0 Å². The van der Waals surface area contributed by atoms with Crippen LogP contribution >= 0.6 is 0 Å². The Morgan fingerprint density at radius 2 is 1.71 bits per heavy atom. The quantitative estimate of drug-likeness (QED) is 0.580. The van der Waals surface area contributed by atoms with Crippen LogP contribution in [0.1, 0.15) is 36.0 Å². The maximum atomic E-state index is 12.7. The lowest BCUT2D eigenvalue weighted by Crippen LogP contribution is -2.27. The number of carbonyl (C=O) groups is 1. The molecule has 1 fully saturated rings. The van der Waals surface area contributed by atoms with Crippen LogP contribution < -0.4 is 5.32 Å². The first-order chi connectivity index (χ1) is 13.4. The van der Waals surface area contributed by atoms with Gasteiger partial charge >= 0.3 is 6.18 Å². The van der Waals surface area contributed by atoms with Gasteiger partial charge < -0.3 is 10.3 Å². The Balaban J connectivity index is 1.45. The van der Waals surface area contributed by atoms with E-state index in [1.54, 1.807) is 6.20 Å². The molecule has 0 atom stereocenters. The summed E-state index contributed by atoms with van der Waals surface area (Å²) in [4.78, 5) is 15.4. The Morgan fingerprint density at radius 3 is 2.36 bits per heavy atom. The summed E-state index contributed by atoms with van der Waals surface area (Å²) in [6.45, 7) is 0. The highest BCUT2D eigenvalue weighted by molar-refractivity contribution is 6.02. The molecule has 28 heavy (non-hydrogen) atoms. The van der Waals surface area contributed by atoms with E-state index in [2.05, 4.69) is 10.3 Å². The molecule has 0 radical (unpaired) electrons. The maximum Gasteiger partial charge on any atom is 0.416 e. The number of nitrogens with one attached hydrogen (secondary N) is 2. The van der Waals surface area contributed by atoms with Crippen molar-refractivity contribution in [2.45, 2.75) is 38.3 Å². The van der Waals surface area contributed by atoms with Gasteiger partial charge in [0.05, 0.1) is 11.3 Å². The monoisotopic (exact) mass is 386 g/mol. The van der Waals surface area contributed by atoms with Crippen molar-refractivity contribution in [3.05, 3.63) is 65.4 Å². The Kier molecular flexibility index (Phi) is 4.87. The number of amides is 1. The van der Waals surface area contributed by atoms with Crippen LogP contribution in [-0.4, -0.2) is 10.9 Å². The third kappa shape index (κ3) is 3.91. The van der Waals surface area contributed by atoms with E-state index in [0.717, 1.165) is 59.1 Å². The molecule has 0 aliphatic heterocycles. The van der Waals surface area contributed by atoms with Crippen LogP contribution in [0.4, 0.5) is 18.9 Å². The number of anilines is 1. The van der Waals surface area contributed by atoms with Crippen LogP contribution in [0.3, 0.4) is 0 Å². The minimum atomic E-state index is -4.31. The molecule has 0 bridgehead atoms. The van der Waals surface area contributed by atoms with Gasteiger partial charge in [0.1, 0.15) is 0 Å². The van der Waals surface area contributed by atoms with Gasteiger partial charge in [-0.3, -0.25) is 4.79 Å². The van der Waals surface area contributed by atoms with Crippen LogP contribution in [0.25, 0.3) is 10.9 Å². The van der Waals surface area contributed by atoms with Crippen molar-refractivity contribution in [1.82, 2.24) is 4.98 Å². The molecule has 4 rings (SSSR count). The van der Waals surface area contributed by atoms with Gasteiger partial charge in [0.25, 0.3) is 0 Å². The van der Waals surface area contributed by atoms with E-state index < -0.39 is 11.7 Å². The van der Waals surface area contributed by atoms with Crippen LogP contribution in [0.2, 0.25) is 0 Å². The van der Waals surface area contributed by atoms with Gasteiger partial charge in [-0.1, -0.05) is 24.6 Å². The normalized spacial score (nSPS) is 14.8. The third-order valence-electron chi connectivity index (χ3n) is 5.46. The van der Waals surface area contributed by atoms with E-state index in [4.69, 9.17) is 0 Å². The summed E-state index contributed by atoms with van der Waals surface area (Å²) < 4.78 is 38.0. The molecule has 1 aliphatic carbocycles. The van der Waals surface area contributed by atoms with Crippen molar-refractivity contribution >= 4 is 22.5 Å². The number of carbonyl (C=O) groups excluding carboxylic acids is 1. The van der Waals surface area contributed by atoms with Crippen molar-refractivity contribution in [3.63, 3.8) is 0 Å². The van der Waals surface area contributed by atoms with Gasteiger partial charge in [0, 0.05) is 23.0 Å². The average Bonchev–Trinajstić information content (AvgIpc) is 3.00. The lowest BCUT2D eigenvalue weighted by Gasteiger charge is -2.23. The predicted octanol–water partition coefficient (Wildman–Crippen LogP) is 5.71. The number of aromatic nitrogens is 1. The number of hydrogen-bond donors (Lipinski definition) is 2. The Bertz CT molecular complexity index is 985. The van der Waals surface area contributed by atoms with Crippen molar-refractivity contribution in [3.8, 4) is 0 Å². The number of H-pyrrole nitrogens is 1. The molecule has 0 unspecified atom stereocenters. The number of alkyl halides is 3. The summed E-state index contributed by atoms with van der Waals surface area (Å²) >= 11 is 0. The highest BCUT2D eigenvalue weighted by Crippen LogP contribution is 2.31. The molecule has 0 spiro atoms. The number of halogens is 3. The smallest absolute Gasteiger partial charge is 0.359 e. The summed E-state index contributed by atoms with van der Waals surface area (Å²) in [5, 5.41) is 3.97. The highest BCUT2D eigenvalue weighted by Gasteiger charge is 2.30. The Hall–Kier alpha value is -2.76. The van der Waals surface area contributed by atoms with E-state index in [1.165, 1.54) is 12.1 Å². The molecule has 0 saturated heterocycles. The number of aromatic amines is 1. The average molecular weight is 386 g/mol. The van der Waals surface area contributed by atoms with Crippen molar-refractivity contribution < 1.29 is 18.0 Å². The molecule has 1 saturated carbocycles. The molecule has 3 aromatic rings. The van der Waals surface area contributed by atoms with Gasteiger partial charge in [-0.15, -0.1) is 0 Å². The van der Waals surface area contributed by atoms with E-state index in [1.807, 2.05) is 18.2 Å². The predicted molar refractivity (Wildman–Crippen MR) is 103 cm³/mol. The van der Waals surface area contributed by atoms with Gasteiger partial charge in [0.2, 0.25) is 5.91 Å². The number of rotatable bonds is 5. The number of hydrogen-bond acceptors (Lipinski definition) is 1. The number of aryl methyl sites for hydroxylation is 2. The fraction of sp³-hybridized carbons (Fsp3) is 0.318. The zero-order chi connectivity index (χ0) is 19.7. The van der Waals surface area contributed by atoms with Crippen LogP contribution in [0, 0.1) is 5.92 Å². The SMILES string of the molecule is O=C(Nc1c[nH]c2ccc(CCc3ccc(C(F)(F)F)cc3)cc12)C1CCC1. The van der Waals surface area contributed by atoms with Gasteiger partial charge in [0.15, 0.2) is 0 Å². The molecule has 6 heteroatoms. The fourth-order valence-corrected chi connectivity index (χ4v) is 3.48. The van der Waals surface area contributed by atoms with Crippen LogP contribution in [0.5, 0.6) is 0 Å². The van der Waals surface area contributed by atoms with Crippen LogP contribution in [0.15, 0.2) is 48.7 Å². The van der Waals surface area contributed by atoms with Gasteiger partial charge in [-0.2, -0.15) is 13.2 Å². The number of benzene rings is 2. The van der Waals surface area contributed by atoms with Crippen molar-refractivity contribution in [2.75, 3.05) is 5.32 Å². The zero-order valence-electron chi connectivity index (χ0n) is 15.3. The first-order valence-corrected chi connectivity index (χ1v) is 9.47. The lowest BCUT2D eigenvalue weighted by molar-refractivity contribution is -0.137. The first kappa shape index (κ1) is 18.6. The summed E-state index contributed by atoms with van der Waals surface area (Å²) in [6, 6.07) is 11.3. The standard InChI is InChI=1S/C22H21F3N2O/c23-22(24,25)17-9-6-14(7-10-17)4-5-15-8-11-19-18(12-15)20(13-26-19)27-21(28)16-2-1-3-16/h6-13,16,26H,1-5H2,(H,27,28). The molecule has 3 nitrogen and oxygen atoms in total. The number of fused-ring (bicyclic) bond motifs is 1. The zero-order valence-corrected chi connectivity index (χ0v) is 15.3. The van der Waals surface area contributed by atoms with E-state index >= 15 is 0 Å². The van der Waals surface area contributed by atoms with Crippen molar-refractivity contribution in [2.24, 2.45) is 5.92 Å². The molecular weight excluding hydrogens is 365 g/mol. The Morgan fingerprint density at radius 1 is 1.04 bits per heavy atom. The second-order valence-electron chi connectivity index (χ2n) is 7.39. The Labute approximate surface area is 161 Å². The largest absolute Gasteiger partial charge is 0.416 e. The summed E-state index contributed by atoms with van der Waals surface area (Å²) in [5.74, 6) is 0.190.